The van der Waals surface area contributed by atoms with Gasteiger partial charge >= 0.3 is 0 Å². The first kappa shape index (κ1) is 16.5. The van der Waals surface area contributed by atoms with E-state index in [4.69, 9.17) is 0 Å². The van der Waals surface area contributed by atoms with Gasteiger partial charge < -0.3 is 15.1 Å². The molecule has 122 valence electrons. The van der Waals surface area contributed by atoms with E-state index >= 15 is 0 Å². The zero-order valence-corrected chi connectivity index (χ0v) is 13.9. The fourth-order valence-corrected chi connectivity index (χ4v) is 2.61. The predicted octanol–water partition coefficient (Wildman–Crippen LogP) is 2.06. The van der Waals surface area contributed by atoms with Crippen molar-refractivity contribution in [1.29, 1.82) is 0 Å². The molecular weight excluding hydrogens is 278 g/mol. The van der Waals surface area contributed by atoms with Gasteiger partial charge in [-0.05, 0) is 20.3 Å². The summed E-state index contributed by atoms with van der Waals surface area (Å²) in [5.74, 6) is 1.91. The highest BCUT2D eigenvalue weighted by Gasteiger charge is 2.22. The third-order valence-electron chi connectivity index (χ3n) is 3.86. The minimum Gasteiger partial charge on any atom is -0.370 e. The molecule has 1 aromatic heterocycles. The Balaban J connectivity index is 1.95. The van der Waals surface area contributed by atoms with Gasteiger partial charge in [0.2, 0.25) is 11.9 Å². The predicted molar refractivity (Wildman–Crippen MR) is 89.3 cm³/mol. The van der Waals surface area contributed by atoms with Crippen LogP contribution in [-0.4, -0.2) is 53.5 Å². The van der Waals surface area contributed by atoms with Crippen LogP contribution in [0, 0.1) is 6.92 Å². The van der Waals surface area contributed by atoms with Crippen LogP contribution in [0.25, 0.3) is 0 Å². The van der Waals surface area contributed by atoms with E-state index in [1.54, 1.807) is 0 Å². The average Bonchev–Trinajstić information content (AvgIpc) is 2.52. The molecule has 2 heterocycles. The van der Waals surface area contributed by atoms with Crippen LogP contribution >= 0.6 is 0 Å². The Bertz CT molecular complexity index is 497. The number of carbonyl (C=O) groups is 1. The maximum Gasteiger partial charge on any atom is 0.227 e. The summed E-state index contributed by atoms with van der Waals surface area (Å²) >= 11 is 0. The number of hydrogen-bond donors (Lipinski definition) is 1. The van der Waals surface area contributed by atoms with Gasteiger partial charge in [-0.25, -0.2) is 4.98 Å². The molecule has 0 spiro atoms. The highest BCUT2D eigenvalue weighted by Crippen LogP contribution is 2.16. The Labute approximate surface area is 132 Å². The summed E-state index contributed by atoms with van der Waals surface area (Å²) in [7, 11) is 0. The summed E-state index contributed by atoms with van der Waals surface area (Å²) in [5, 5.41) is 3.24. The molecular formula is C16H27N5O. The van der Waals surface area contributed by atoms with E-state index in [9.17, 15) is 4.79 Å². The van der Waals surface area contributed by atoms with Gasteiger partial charge in [0.05, 0.1) is 0 Å². The molecule has 1 saturated heterocycles. The smallest absolute Gasteiger partial charge is 0.227 e. The molecule has 6 heteroatoms. The summed E-state index contributed by atoms with van der Waals surface area (Å²) < 4.78 is 0. The lowest BCUT2D eigenvalue weighted by Crippen LogP contribution is -2.49. The van der Waals surface area contributed by atoms with Crippen LogP contribution in [0.1, 0.15) is 38.8 Å². The van der Waals surface area contributed by atoms with Gasteiger partial charge in [-0.3, -0.25) is 4.79 Å². The molecule has 22 heavy (non-hydrogen) atoms. The van der Waals surface area contributed by atoms with Gasteiger partial charge in [-0.2, -0.15) is 4.98 Å². The highest BCUT2D eigenvalue weighted by atomic mass is 16.2. The van der Waals surface area contributed by atoms with Gasteiger partial charge in [0, 0.05) is 50.9 Å². The van der Waals surface area contributed by atoms with Crippen molar-refractivity contribution in [3.8, 4) is 0 Å². The van der Waals surface area contributed by atoms with Crippen molar-refractivity contribution in [2.45, 2.75) is 40.0 Å². The largest absolute Gasteiger partial charge is 0.370 e. The zero-order chi connectivity index (χ0) is 15.9. The van der Waals surface area contributed by atoms with Gasteiger partial charge in [0.1, 0.15) is 5.82 Å². The quantitative estimate of drug-likeness (QED) is 0.871. The number of hydrogen-bond acceptors (Lipinski definition) is 5. The Morgan fingerprint density at radius 1 is 1.23 bits per heavy atom. The number of amides is 1. The second kappa shape index (κ2) is 7.96. The maximum absolute atomic E-state index is 12.1. The molecule has 1 N–H and O–H groups in total. The fraction of sp³-hybridized carbons (Fsp3) is 0.688. The molecule has 1 fully saturated rings. The number of piperazine rings is 1. The minimum atomic E-state index is 0.278. The summed E-state index contributed by atoms with van der Waals surface area (Å²) in [5.41, 5.74) is 0.961. The van der Waals surface area contributed by atoms with Crippen molar-refractivity contribution in [1.82, 2.24) is 14.9 Å². The molecule has 1 amide bonds. The molecule has 0 aromatic carbocycles. The van der Waals surface area contributed by atoms with E-state index in [0.717, 1.165) is 63.0 Å². The van der Waals surface area contributed by atoms with Crippen LogP contribution < -0.4 is 10.2 Å². The Kier molecular flexibility index (Phi) is 5.98. The molecule has 0 radical (unpaired) electrons. The van der Waals surface area contributed by atoms with E-state index < -0.39 is 0 Å². The summed E-state index contributed by atoms with van der Waals surface area (Å²) in [6, 6.07) is 1.96. The molecule has 0 aliphatic carbocycles. The maximum atomic E-state index is 12.1. The minimum absolute atomic E-state index is 0.278. The van der Waals surface area contributed by atoms with Gasteiger partial charge in [-0.15, -0.1) is 0 Å². The molecule has 0 bridgehead atoms. The van der Waals surface area contributed by atoms with Crippen molar-refractivity contribution in [3.05, 3.63) is 11.8 Å². The molecule has 0 unspecified atom stereocenters. The first-order valence-corrected chi connectivity index (χ1v) is 8.26. The lowest BCUT2D eigenvalue weighted by atomic mass is 10.2. The molecule has 1 aliphatic heterocycles. The van der Waals surface area contributed by atoms with Crippen molar-refractivity contribution in [2.75, 3.05) is 42.9 Å². The van der Waals surface area contributed by atoms with Crippen molar-refractivity contribution in [3.63, 3.8) is 0 Å². The van der Waals surface area contributed by atoms with Crippen molar-refractivity contribution < 1.29 is 4.79 Å². The highest BCUT2D eigenvalue weighted by molar-refractivity contribution is 5.76. The van der Waals surface area contributed by atoms with E-state index in [1.165, 1.54) is 0 Å². The third kappa shape index (κ3) is 4.32. The normalized spacial score (nSPS) is 15.0. The summed E-state index contributed by atoms with van der Waals surface area (Å²) in [6.07, 6.45) is 2.71. The van der Waals surface area contributed by atoms with Crippen molar-refractivity contribution >= 4 is 17.7 Å². The Morgan fingerprint density at radius 3 is 2.59 bits per heavy atom. The van der Waals surface area contributed by atoms with Crippen LogP contribution in [-0.2, 0) is 4.79 Å². The Hall–Kier alpha value is -1.85. The standard InChI is InChI=1S/C16H27N5O/c1-4-6-7-15(22)20-8-10-21(11-9-20)16-18-13(3)12-14(19-16)17-5-2/h12H,4-11H2,1-3H3,(H,17,18,19). The van der Waals surface area contributed by atoms with Crippen LogP contribution in [0.15, 0.2) is 6.07 Å². The van der Waals surface area contributed by atoms with Crippen LogP contribution in [0.2, 0.25) is 0 Å². The number of aromatic nitrogens is 2. The zero-order valence-electron chi connectivity index (χ0n) is 13.9. The molecule has 2 rings (SSSR count). The molecule has 6 nitrogen and oxygen atoms in total. The van der Waals surface area contributed by atoms with Gasteiger partial charge in [0.15, 0.2) is 0 Å². The third-order valence-corrected chi connectivity index (χ3v) is 3.86. The SMILES string of the molecule is CCCCC(=O)N1CCN(c2nc(C)cc(NCC)n2)CC1. The second-order valence-corrected chi connectivity index (χ2v) is 5.70. The first-order chi connectivity index (χ1) is 10.6. The summed E-state index contributed by atoms with van der Waals surface area (Å²) in [6.45, 7) is 10.1. The number of anilines is 2. The lowest BCUT2D eigenvalue weighted by Gasteiger charge is -2.35. The average molecular weight is 305 g/mol. The van der Waals surface area contributed by atoms with E-state index in [2.05, 4.69) is 34.0 Å². The molecule has 1 aliphatic rings. The number of nitrogens with zero attached hydrogens (tertiary/aromatic N) is 4. The van der Waals surface area contributed by atoms with E-state index in [0.29, 0.717) is 6.42 Å². The monoisotopic (exact) mass is 305 g/mol. The van der Waals surface area contributed by atoms with Gasteiger partial charge in [0.25, 0.3) is 0 Å². The Morgan fingerprint density at radius 2 is 1.95 bits per heavy atom. The van der Waals surface area contributed by atoms with Gasteiger partial charge in [-0.1, -0.05) is 13.3 Å². The lowest BCUT2D eigenvalue weighted by molar-refractivity contribution is -0.131. The molecule has 0 saturated carbocycles. The number of rotatable bonds is 6. The topological polar surface area (TPSA) is 61.4 Å². The number of nitrogens with one attached hydrogen (secondary N) is 1. The summed E-state index contributed by atoms with van der Waals surface area (Å²) in [4.78, 5) is 25.3. The van der Waals surface area contributed by atoms with Crippen LogP contribution in [0.3, 0.4) is 0 Å². The van der Waals surface area contributed by atoms with Crippen molar-refractivity contribution in [2.24, 2.45) is 0 Å². The number of aryl methyl sites for hydroxylation is 1. The molecule has 0 atom stereocenters. The fourth-order valence-electron chi connectivity index (χ4n) is 2.61. The number of unbranched alkanes of at least 4 members (excludes halogenated alkanes) is 1. The van der Waals surface area contributed by atoms with Crippen LogP contribution in [0.5, 0.6) is 0 Å². The first-order valence-electron chi connectivity index (χ1n) is 8.26. The van der Waals surface area contributed by atoms with E-state index in [-0.39, 0.29) is 5.91 Å². The number of carbonyl (C=O) groups excluding carboxylic acids is 1. The van der Waals surface area contributed by atoms with E-state index in [1.807, 2.05) is 17.9 Å². The second-order valence-electron chi connectivity index (χ2n) is 5.70. The molecule has 1 aromatic rings. The van der Waals surface area contributed by atoms with Crippen LogP contribution in [0.4, 0.5) is 11.8 Å².